The summed E-state index contributed by atoms with van der Waals surface area (Å²) < 4.78 is 15.0. The molecule has 0 N–H and O–H groups in total. The Morgan fingerprint density at radius 3 is 1.49 bits per heavy atom. The molecule has 0 aliphatic heterocycles. The summed E-state index contributed by atoms with van der Waals surface area (Å²) in [5, 5.41) is 4.66. The molecule has 3 nitrogen and oxygen atoms in total. The van der Waals surface area contributed by atoms with Crippen LogP contribution in [0.1, 0.15) is 0 Å². The van der Waals surface area contributed by atoms with Crippen LogP contribution in [0, 0.1) is 0 Å². The van der Waals surface area contributed by atoms with E-state index in [-0.39, 0.29) is 0 Å². The molecule has 0 amide bonds. The van der Waals surface area contributed by atoms with Gasteiger partial charge in [-0.15, -0.1) is 0 Å². The molecule has 10 aromatic rings. The van der Waals surface area contributed by atoms with Gasteiger partial charge in [0.05, 0.1) is 11.0 Å². The number of aromatic nitrogens is 1. The summed E-state index contributed by atoms with van der Waals surface area (Å²) >= 11 is 0. The molecule has 49 heavy (non-hydrogen) atoms. The lowest BCUT2D eigenvalue weighted by Gasteiger charge is -2.10. The molecule has 0 unspecified atom stereocenters. The first-order valence-corrected chi connectivity index (χ1v) is 16.6. The van der Waals surface area contributed by atoms with Crippen molar-refractivity contribution in [1.29, 1.82) is 0 Å². The van der Waals surface area contributed by atoms with E-state index < -0.39 is 0 Å². The molecule has 230 valence electrons. The fourth-order valence-electron chi connectivity index (χ4n) is 7.19. The third kappa shape index (κ3) is 4.67. The summed E-state index contributed by atoms with van der Waals surface area (Å²) in [7, 11) is 0. The molecule has 0 aliphatic rings. The molecule has 0 fully saturated rings. The second-order valence-corrected chi connectivity index (χ2v) is 12.6. The molecule has 0 bridgehead atoms. The van der Waals surface area contributed by atoms with Crippen LogP contribution in [0.5, 0.6) is 0 Å². The number of furan rings is 2. The number of rotatable bonds is 5. The molecule has 0 atom stereocenters. The van der Waals surface area contributed by atoms with Gasteiger partial charge >= 0.3 is 0 Å². The van der Waals surface area contributed by atoms with Crippen molar-refractivity contribution in [3.8, 4) is 50.6 Å². The third-order valence-electron chi connectivity index (χ3n) is 9.59. The van der Waals surface area contributed by atoms with Crippen LogP contribution in [-0.4, -0.2) is 4.57 Å². The Balaban J connectivity index is 1.07. The lowest BCUT2D eigenvalue weighted by Crippen LogP contribution is -1.92. The highest BCUT2D eigenvalue weighted by atomic mass is 16.3. The maximum atomic E-state index is 6.33. The zero-order valence-corrected chi connectivity index (χ0v) is 26.5. The van der Waals surface area contributed by atoms with E-state index in [1.54, 1.807) is 0 Å². The van der Waals surface area contributed by atoms with Crippen LogP contribution in [0.3, 0.4) is 0 Å². The van der Waals surface area contributed by atoms with Crippen molar-refractivity contribution in [3.05, 3.63) is 176 Å². The Bertz CT molecular complexity index is 2660. The average molecular weight is 628 g/mol. The molecule has 7 aromatic carbocycles. The van der Waals surface area contributed by atoms with Crippen LogP contribution >= 0.6 is 0 Å². The third-order valence-corrected chi connectivity index (χ3v) is 9.59. The Morgan fingerprint density at radius 2 is 0.837 bits per heavy atom. The van der Waals surface area contributed by atoms with Crippen molar-refractivity contribution in [2.75, 3.05) is 0 Å². The van der Waals surface area contributed by atoms with Crippen molar-refractivity contribution >= 4 is 43.7 Å². The highest BCUT2D eigenvalue weighted by Crippen LogP contribution is 2.39. The van der Waals surface area contributed by atoms with Gasteiger partial charge in [0.15, 0.2) is 0 Å². The van der Waals surface area contributed by atoms with Crippen LogP contribution in [-0.2, 0) is 0 Å². The van der Waals surface area contributed by atoms with E-state index in [1.807, 2.05) is 36.4 Å². The van der Waals surface area contributed by atoms with E-state index in [0.717, 1.165) is 61.4 Å². The monoisotopic (exact) mass is 627 g/mol. The average Bonchev–Trinajstić information content (AvgIpc) is 3.89. The second kappa shape index (κ2) is 11.0. The molecule has 10 rings (SSSR count). The standard InChI is InChI=1S/C46H29NO2/c1-2-12-38(13-3-1)47-41-15-7-6-14-39(41)40-27-32(22-23-42(40)47)30-18-20-31(21-19-30)35-24-36(45-28-33-10-4-8-16-43(33)48-45)26-37(25-35)46-29-34-11-5-9-17-44(34)49-46/h1-29H. The first kappa shape index (κ1) is 27.5. The highest BCUT2D eigenvalue weighted by molar-refractivity contribution is 6.10. The smallest absolute Gasteiger partial charge is 0.135 e. The molecule has 0 spiro atoms. The molecular weight excluding hydrogens is 599 g/mol. The van der Waals surface area contributed by atoms with E-state index in [4.69, 9.17) is 8.83 Å². The molecule has 3 heterocycles. The number of hydrogen-bond donors (Lipinski definition) is 0. The largest absolute Gasteiger partial charge is 0.456 e. The quantitative estimate of drug-likeness (QED) is 0.190. The van der Waals surface area contributed by atoms with Crippen LogP contribution in [0.2, 0.25) is 0 Å². The van der Waals surface area contributed by atoms with Crippen LogP contribution in [0.25, 0.3) is 94.3 Å². The molecular formula is C46H29NO2. The molecule has 0 radical (unpaired) electrons. The van der Waals surface area contributed by atoms with Crippen LogP contribution < -0.4 is 0 Å². The predicted molar refractivity (Wildman–Crippen MR) is 202 cm³/mol. The normalized spacial score (nSPS) is 11.7. The van der Waals surface area contributed by atoms with Gasteiger partial charge in [-0.1, -0.05) is 103 Å². The Hall–Kier alpha value is -6.58. The van der Waals surface area contributed by atoms with Gasteiger partial charge in [-0.05, 0) is 95.1 Å². The Labute approximate surface area is 282 Å². The number of hydrogen-bond acceptors (Lipinski definition) is 2. The zero-order valence-electron chi connectivity index (χ0n) is 26.5. The van der Waals surface area contributed by atoms with E-state index in [1.165, 1.54) is 32.9 Å². The van der Waals surface area contributed by atoms with Gasteiger partial charge in [0, 0.05) is 38.4 Å². The zero-order chi connectivity index (χ0) is 32.3. The summed E-state index contributed by atoms with van der Waals surface area (Å²) in [6.45, 7) is 0. The van der Waals surface area contributed by atoms with Crippen molar-refractivity contribution in [1.82, 2.24) is 4.57 Å². The van der Waals surface area contributed by atoms with E-state index in [9.17, 15) is 0 Å². The maximum absolute atomic E-state index is 6.33. The maximum Gasteiger partial charge on any atom is 0.135 e. The van der Waals surface area contributed by atoms with Gasteiger partial charge in [-0.3, -0.25) is 0 Å². The van der Waals surface area contributed by atoms with Crippen molar-refractivity contribution < 1.29 is 8.83 Å². The molecule has 3 aromatic heterocycles. The summed E-state index contributed by atoms with van der Waals surface area (Å²) in [5.74, 6) is 1.67. The summed E-state index contributed by atoms with van der Waals surface area (Å²) in [6.07, 6.45) is 0. The van der Waals surface area contributed by atoms with Gasteiger partial charge in [0.25, 0.3) is 0 Å². The second-order valence-electron chi connectivity index (χ2n) is 12.6. The van der Waals surface area contributed by atoms with E-state index in [2.05, 4.69) is 144 Å². The topological polar surface area (TPSA) is 31.2 Å². The van der Waals surface area contributed by atoms with Crippen molar-refractivity contribution in [2.45, 2.75) is 0 Å². The van der Waals surface area contributed by atoms with Gasteiger partial charge in [-0.25, -0.2) is 0 Å². The SMILES string of the molecule is c1ccc(-n2c3ccccc3c3cc(-c4ccc(-c5cc(-c6cc7ccccc7o6)cc(-c6cc7ccccc7o6)c5)cc4)ccc32)cc1. The minimum absolute atomic E-state index is 0.833. The molecule has 0 saturated heterocycles. The molecule has 0 aliphatic carbocycles. The number of fused-ring (bicyclic) bond motifs is 5. The molecule has 3 heteroatoms. The summed E-state index contributed by atoms with van der Waals surface area (Å²) in [4.78, 5) is 0. The van der Waals surface area contributed by atoms with Gasteiger partial charge in [-0.2, -0.15) is 0 Å². The number of para-hydroxylation sites is 4. The van der Waals surface area contributed by atoms with Crippen LogP contribution in [0.4, 0.5) is 0 Å². The van der Waals surface area contributed by atoms with Crippen molar-refractivity contribution in [3.63, 3.8) is 0 Å². The summed E-state index contributed by atoms with van der Waals surface area (Å²) in [5.41, 5.74) is 11.9. The van der Waals surface area contributed by atoms with Crippen molar-refractivity contribution in [2.24, 2.45) is 0 Å². The Morgan fingerprint density at radius 1 is 0.327 bits per heavy atom. The Kier molecular flexibility index (Phi) is 6.18. The van der Waals surface area contributed by atoms with Crippen LogP contribution in [0.15, 0.2) is 185 Å². The minimum Gasteiger partial charge on any atom is -0.456 e. The first-order valence-electron chi connectivity index (χ1n) is 16.6. The number of nitrogens with zero attached hydrogens (tertiary/aromatic N) is 1. The lowest BCUT2D eigenvalue weighted by molar-refractivity contribution is 0.629. The first-order chi connectivity index (χ1) is 24.2. The number of benzene rings is 7. The lowest BCUT2D eigenvalue weighted by atomic mass is 9.95. The minimum atomic E-state index is 0.833. The van der Waals surface area contributed by atoms with Gasteiger partial charge in [0.2, 0.25) is 0 Å². The fraction of sp³-hybridized carbons (Fsp3) is 0. The fourth-order valence-corrected chi connectivity index (χ4v) is 7.19. The molecule has 0 saturated carbocycles. The van der Waals surface area contributed by atoms with E-state index >= 15 is 0 Å². The van der Waals surface area contributed by atoms with Gasteiger partial charge in [0.1, 0.15) is 22.7 Å². The van der Waals surface area contributed by atoms with Gasteiger partial charge < -0.3 is 13.4 Å². The summed E-state index contributed by atoms with van der Waals surface area (Å²) in [6, 6.07) is 62.0. The predicted octanol–water partition coefficient (Wildman–Crippen LogP) is 12.9. The van der Waals surface area contributed by atoms with E-state index in [0.29, 0.717) is 0 Å². The highest BCUT2D eigenvalue weighted by Gasteiger charge is 2.15.